The Kier molecular flexibility index (Phi) is 4.52. The molecule has 0 amide bonds. The lowest BCUT2D eigenvalue weighted by Gasteiger charge is -2.03. The highest BCUT2D eigenvalue weighted by Gasteiger charge is 2.14. The van der Waals surface area contributed by atoms with Crippen LogP contribution in [0.4, 0.5) is 5.88 Å². The number of nitrogens with one attached hydrogen (secondary N) is 1. The Morgan fingerprint density at radius 1 is 1.00 bits per heavy atom. The predicted molar refractivity (Wildman–Crippen MR) is 90.4 cm³/mol. The van der Waals surface area contributed by atoms with Crippen LogP contribution in [0.5, 0.6) is 0 Å². The van der Waals surface area contributed by atoms with Gasteiger partial charge < -0.3 is 9.73 Å². The Morgan fingerprint density at radius 3 is 2.22 bits per heavy atom. The zero-order valence-corrected chi connectivity index (χ0v) is 13.4. The minimum Gasteiger partial charge on any atom is -0.419 e. The van der Waals surface area contributed by atoms with Crippen LogP contribution in [0.2, 0.25) is 10.0 Å². The van der Waals surface area contributed by atoms with Gasteiger partial charge in [0.1, 0.15) is 6.07 Å². The van der Waals surface area contributed by atoms with Crippen LogP contribution in [0.15, 0.2) is 52.9 Å². The van der Waals surface area contributed by atoms with Gasteiger partial charge in [0, 0.05) is 22.2 Å². The first-order chi connectivity index (χ1) is 11.2. The number of halogens is 2. The molecule has 3 rings (SSSR count). The van der Waals surface area contributed by atoms with Crippen molar-refractivity contribution in [3.8, 4) is 17.5 Å². The van der Waals surface area contributed by atoms with Gasteiger partial charge in [-0.1, -0.05) is 35.3 Å². The number of nitriles is 1. The van der Waals surface area contributed by atoms with Gasteiger partial charge in [-0.05, 0) is 42.0 Å². The van der Waals surface area contributed by atoms with Gasteiger partial charge in [0.25, 0.3) is 0 Å². The summed E-state index contributed by atoms with van der Waals surface area (Å²) >= 11 is 11.7. The molecule has 0 fully saturated rings. The fourth-order valence-electron chi connectivity index (χ4n) is 2.02. The van der Waals surface area contributed by atoms with E-state index in [1.807, 2.05) is 30.3 Å². The highest BCUT2D eigenvalue weighted by atomic mass is 35.5. The summed E-state index contributed by atoms with van der Waals surface area (Å²) in [5, 5.41) is 13.6. The summed E-state index contributed by atoms with van der Waals surface area (Å²) in [6.07, 6.45) is 0. The number of rotatable bonds is 4. The monoisotopic (exact) mass is 343 g/mol. The standard InChI is InChI=1S/C17H11Cl2N3O/c18-13-5-1-11(2-6-13)10-21-17-15(9-20)22-16(23-17)12-3-7-14(19)8-4-12/h1-8,21H,10H2. The molecule has 1 aromatic heterocycles. The van der Waals surface area contributed by atoms with Crippen molar-refractivity contribution in [2.45, 2.75) is 6.54 Å². The second-order valence-electron chi connectivity index (χ2n) is 4.80. The molecule has 0 aliphatic carbocycles. The van der Waals surface area contributed by atoms with Crippen molar-refractivity contribution in [2.75, 3.05) is 5.32 Å². The van der Waals surface area contributed by atoms with E-state index in [-0.39, 0.29) is 5.69 Å². The molecule has 0 unspecified atom stereocenters. The van der Waals surface area contributed by atoms with E-state index in [1.54, 1.807) is 24.3 Å². The molecule has 0 saturated carbocycles. The maximum absolute atomic E-state index is 9.21. The first kappa shape index (κ1) is 15.4. The summed E-state index contributed by atoms with van der Waals surface area (Å²) in [5.41, 5.74) is 1.98. The van der Waals surface area contributed by atoms with Gasteiger partial charge in [-0.25, -0.2) is 0 Å². The van der Waals surface area contributed by atoms with Crippen molar-refractivity contribution in [1.29, 1.82) is 5.26 Å². The SMILES string of the molecule is N#Cc1nc(-c2ccc(Cl)cc2)oc1NCc1ccc(Cl)cc1. The Labute approximate surface area is 143 Å². The van der Waals surface area contributed by atoms with Crippen LogP contribution in [0.3, 0.4) is 0 Å². The molecule has 23 heavy (non-hydrogen) atoms. The van der Waals surface area contributed by atoms with E-state index in [0.717, 1.165) is 11.1 Å². The molecule has 0 bridgehead atoms. The Balaban J connectivity index is 1.80. The second kappa shape index (κ2) is 6.74. The van der Waals surface area contributed by atoms with Crippen LogP contribution in [-0.2, 0) is 6.54 Å². The first-order valence-corrected chi connectivity index (χ1v) is 7.56. The maximum atomic E-state index is 9.21. The summed E-state index contributed by atoms with van der Waals surface area (Å²) < 4.78 is 5.66. The van der Waals surface area contributed by atoms with E-state index in [9.17, 15) is 5.26 Å². The Morgan fingerprint density at radius 2 is 1.61 bits per heavy atom. The number of hydrogen-bond acceptors (Lipinski definition) is 4. The van der Waals surface area contributed by atoms with Crippen molar-refractivity contribution in [3.05, 3.63) is 69.8 Å². The summed E-state index contributed by atoms with van der Waals surface area (Å²) in [6, 6.07) is 16.5. The molecule has 6 heteroatoms. The lowest BCUT2D eigenvalue weighted by Crippen LogP contribution is -1.99. The maximum Gasteiger partial charge on any atom is 0.232 e. The number of aromatic nitrogens is 1. The smallest absolute Gasteiger partial charge is 0.232 e. The molecule has 0 atom stereocenters. The van der Waals surface area contributed by atoms with Gasteiger partial charge >= 0.3 is 0 Å². The third-order valence-electron chi connectivity index (χ3n) is 3.19. The van der Waals surface area contributed by atoms with Gasteiger partial charge in [-0.3, -0.25) is 0 Å². The second-order valence-corrected chi connectivity index (χ2v) is 5.67. The molecule has 4 nitrogen and oxygen atoms in total. The molecular formula is C17H11Cl2N3O. The summed E-state index contributed by atoms with van der Waals surface area (Å²) in [5.74, 6) is 0.712. The summed E-state index contributed by atoms with van der Waals surface area (Å²) in [7, 11) is 0. The number of anilines is 1. The highest BCUT2D eigenvalue weighted by molar-refractivity contribution is 6.30. The van der Waals surface area contributed by atoms with Gasteiger partial charge in [-0.2, -0.15) is 10.2 Å². The minimum atomic E-state index is 0.212. The van der Waals surface area contributed by atoms with Gasteiger partial charge in [0.2, 0.25) is 17.5 Å². The first-order valence-electron chi connectivity index (χ1n) is 6.81. The largest absolute Gasteiger partial charge is 0.419 e. The fourth-order valence-corrected chi connectivity index (χ4v) is 2.27. The van der Waals surface area contributed by atoms with Crippen LogP contribution in [0, 0.1) is 11.3 Å². The molecule has 1 heterocycles. The van der Waals surface area contributed by atoms with Gasteiger partial charge in [0.05, 0.1) is 0 Å². The Bertz CT molecular complexity index is 849. The molecule has 0 saturated heterocycles. The van der Waals surface area contributed by atoms with E-state index in [4.69, 9.17) is 27.6 Å². The average Bonchev–Trinajstić information content (AvgIpc) is 2.98. The summed E-state index contributed by atoms with van der Waals surface area (Å²) in [6.45, 7) is 0.501. The van der Waals surface area contributed by atoms with Crippen molar-refractivity contribution in [2.24, 2.45) is 0 Å². The van der Waals surface area contributed by atoms with Gasteiger partial charge in [-0.15, -0.1) is 0 Å². The molecule has 1 N–H and O–H groups in total. The van der Waals surface area contributed by atoms with Crippen LogP contribution in [-0.4, -0.2) is 4.98 Å². The number of nitrogens with zero attached hydrogens (tertiary/aromatic N) is 2. The molecule has 0 spiro atoms. The topological polar surface area (TPSA) is 61.9 Å². The normalized spacial score (nSPS) is 10.3. The zero-order valence-electron chi connectivity index (χ0n) is 11.9. The highest BCUT2D eigenvalue weighted by Crippen LogP contribution is 2.26. The quantitative estimate of drug-likeness (QED) is 0.712. The van der Waals surface area contributed by atoms with E-state index >= 15 is 0 Å². The molecule has 114 valence electrons. The lowest BCUT2D eigenvalue weighted by atomic mass is 10.2. The Hall–Kier alpha value is -2.48. The van der Waals surface area contributed by atoms with E-state index < -0.39 is 0 Å². The van der Waals surface area contributed by atoms with Crippen molar-refractivity contribution >= 4 is 29.1 Å². The molecular weight excluding hydrogens is 333 g/mol. The van der Waals surface area contributed by atoms with Crippen molar-refractivity contribution < 1.29 is 4.42 Å². The third-order valence-corrected chi connectivity index (χ3v) is 3.69. The number of benzene rings is 2. The lowest BCUT2D eigenvalue weighted by molar-refractivity contribution is 0.585. The molecule has 3 aromatic rings. The van der Waals surface area contributed by atoms with E-state index in [0.29, 0.717) is 28.4 Å². The van der Waals surface area contributed by atoms with Crippen LogP contribution in [0.1, 0.15) is 11.3 Å². The van der Waals surface area contributed by atoms with E-state index in [2.05, 4.69) is 10.3 Å². The van der Waals surface area contributed by atoms with Crippen molar-refractivity contribution in [1.82, 2.24) is 4.98 Å². The molecule has 0 aliphatic rings. The predicted octanol–water partition coefficient (Wildman–Crippen LogP) is 5.13. The minimum absolute atomic E-state index is 0.212. The van der Waals surface area contributed by atoms with Gasteiger partial charge in [0.15, 0.2) is 0 Å². The number of hydrogen-bond donors (Lipinski definition) is 1. The van der Waals surface area contributed by atoms with Crippen LogP contribution < -0.4 is 5.32 Å². The van der Waals surface area contributed by atoms with Crippen LogP contribution >= 0.6 is 23.2 Å². The average molecular weight is 344 g/mol. The van der Waals surface area contributed by atoms with E-state index in [1.165, 1.54) is 0 Å². The molecule has 0 radical (unpaired) electrons. The zero-order chi connectivity index (χ0) is 16.2. The fraction of sp³-hybridized carbons (Fsp3) is 0.0588. The number of oxazole rings is 1. The van der Waals surface area contributed by atoms with Crippen LogP contribution in [0.25, 0.3) is 11.5 Å². The molecule has 0 aliphatic heterocycles. The summed E-state index contributed by atoms with van der Waals surface area (Å²) in [4.78, 5) is 4.20. The molecule has 2 aromatic carbocycles. The third kappa shape index (κ3) is 3.65. The van der Waals surface area contributed by atoms with Crippen molar-refractivity contribution in [3.63, 3.8) is 0 Å².